The molecule has 0 unspecified atom stereocenters. The van der Waals surface area contributed by atoms with Crippen molar-refractivity contribution in [1.82, 2.24) is 4.90 Å². The number of anilines is 2. The Labute approximate surface area is 169 Å². The highest BCUT2D eigenvalue weighted by Gasteiger charge is 2.27. The van der Waals surface area contributed by atoms with Gasteiger partial charge in [0.25, 0.3) is 11.6 Å². The molecule has 152 valence electrons. The quantitative estimate of drug-likeness (QED) is 0.631. The van der Waals surface area contributed by atoms with Crippen LogP contribution in [0, 0.1) is 10.1 Å². The lowest BCUT2D eigenvalue weighted by Crippen LogP contribution is -2.48. The maximum atomic E-state index is 12.9. The number of nitrogens with zero attached hydrogens (tertiary/aromatic N) is 4. The summed E-state index contributed by atoms with van der Waals surface area (Å²) in [6.07, 6.45) is 2.05. The Morgan fingerprint density at radius 2 is 1.55 bits per heavy atom. The van der Waals surface area contributed by atoms with Gasteiger partial charge in [0.1, 0.15) is 11.4 Å². The summed E-state index contributed by atoms with van der Waals surface area (Å²) in [6.45, 7) is 3.79. The average molecular weight is 396 g/mol. The van der Waals surface area contributed by atoms with Gasteiger partial charge in [-0.3, -0.25) is 14.9 Å². The van der Waals surface area contributed by atoms with E-state index in [4.69, 9.17) is 0 Å². The molecule has 2 aromatic carbocycles. The molecule has 2 aliphatic rings. The number of phenolic OH excluding ortho intramolecular Hbond substituents is 1. The summed E-state index contributed by atoms with van der Waals surface area (Å²) in [5.74, 6) is 0.0263. The first kappa shape index (κ1) is 19.0. The van der Waals surface area contributed by atoms with Crippen LogP contribution in [-0.2, 0) is 0 Å². The number of amides is 1. The number of phenols is 1. The zero-order chi connectivity index (χ0) is 20.4. The number of rotatable bonds is 4. The van der Waals surface area contributed by atoms with Crippen molar-refractivity contribution < 1.29 is 14.8 Å². The monoisotopic (exact) mass is 396 g/mol. The Balaban J connectivity index is 1.48. The third-order valence-electron chi connectivity index (χ3n) is 5.66. The van der Waals surface area contributed by atoms with Crippen molar-refractivity contribution >= 4 is 23.0 Å². The molecule has 2 aliphatic heterocycles. The van der Waals surface area contributed by atoms with Gasteiger partial charge in [-0.15, -0.1) is 0 Å². The number of carbonyl (C=O) groups excluding carboxylic acids is 1. The number of hydrogen-bond acceptors (Lipinski definition) is 6. The summed E-state index contributed by atoms with van der Waals surface area (Å²) >= 11 is 0. The number of nitro groups is 1. The Hall–Kier alpha value is -3.29. The lowest BCUT2D eigenvalue weighted by molar-refractivity contribution is -0.384. The Morgan fingerprint density at radius 3 is 2.21 bits per heavy atom. The topological polar surface area (TPSA) is 90.2 Å². The molecule has 8 nitrogen and oxygen atoms in total. The first-order valence-corrected chi connectivity index (χ1v) is 9.90. The predicted molar refractivity (Wildman–Crippen MR) is 111 cm³/mol. The van der Waals surface area contributed by atoms with E-state index in [9.17, 15) is 20.0 Å². The van der Waals surface area contributed by atoms with Crippen LogP contribution in [0.3, 0.4) is 0 Å². The van der Waals surface area contributed by atoms with Crippen LogP contribution >= 0.6 is 0 Å². The van der Waals surface area contributed by atoms with Crippen LogP contribution in [0.25, 0.3) is 0 Å². The first-order chi connectivity index (χ1) is 14.0. The van der Waals surface area contributed by atoms with Crippen molar-refractivity contribution in [3.63, 3.8) is 0 Å². The molecule has 2 heterocycles. The van der Waals surface area contributed by atoms with Gasteiger partial charge in [-0.25, -0.2) is 0 Å². The largest absolute Gasteiger partial charge is 0.506 e. The summed E-state index contributed by atoms with van der Waals surface area (Å²) in [7, 11) is 0. The van der Waals surface area contributed by atoms with E-state index in [2.05, 4.69) is 0 Å². The van der Waals surface area contributed by atoms with E-state index in [-0.39, 0.29) is 17.3 Å². The summed E-state index contributed by atoms with van der Waals surface area (Å²) in [4.78, 5) is 29.9. The second-order valence-corrected chi connectivity index (χ2v) is 7.42. The summed E-state index contributed by atoms with van der Waals surface area (Å²) in [5.41, 5.74) is 1.68. The number of aromatic hydroxyl groups is 1. The third-order valence-corrected chi connectivity index (χ3v) is 5.66. The van der Waals surface area contributed by atoms with Gasteiger partial charge in [-0.2, -0.15) is 0 Å². The number of benzene rings is 2. The fourth-order valence-corrected chi connectivity index (χ4v) is 4.09. The molecule has 0 spiro atoms. The van der Waals surface area contributed by atoms with Crippen LogP contribution in [0.1, 0.15) is 23.2 Å². The van der Waals surface area contributed by atoms with E-state index in [1.807, 2.05) is 21.9 Å². The van der Waals surface area contributed by atoms with Crippen molar-refractivity contribution in [3.05, 3.63) is 58.1 Å². The van der Waals surface area contributed by atoms with Crippen LogP contribution in [0.4, 0.5) is 17.1 Å². The highest BCUT2D eigenvalue weighted by Crippen LogP contribution is 2.32. The van der Waals surface area contributed by atoms with Crippen LogP contribution in [0.2, 0.25) is 0 Å². The summed E-state index contributed by atoms with van der Waals surface area (Å²) in [5, 5.41) is 21.6. The second kappa shape index (κ2) is 7.98. The molecule has 0 aromatic heterocycles. The van der Waals surface area contributed by atoms with Gasteiger partial charge in [0, 0.05) is 50.9 Å². The van der Waals surface area contributed by atoms with Gasteiger partial charge in [-0.05, 0) is 37.1 Å². The van der Waals surface area contributed by atoms with Gasteiger partial charge >= 0.3 is 0 Å². The molecule has 2 fully saturated rings. The molecule has 1 N–H and O–H groups in total. The molecule has 0 radical (unpaired) electrons. The van der Waals surface area contributed by atoms with Crippen molar-refractivity contribution in [2.45, 2.75) is 12.8 Å². The molecule has 1 amide bonds. The van der Waals surface area contributed by atoms with Crippen LogP contribution in [0.5, 0.6) is 5.75 Å². The number of para-hydroxylation sites is 2. The molecule has 0 bridgehead atoms. The Morgan fingerprint density at radius 1 is 0.897 bits per heavy atom. The molecule has 8 heteroatoms. The zero-order valence-electron chi connectivity index (χ0n) is 16.2. The van der Waals surface area contributed by atoms with Gasteiger partial charge < -0.3 is 19.8 Å². The maximum Gasteiger partial charge on any atom is 0.293 e. The van der Waals surface area contributed by atoms with Crippen molar-refractivity contribution in [2.24, 2.45) is 0 Å². The molecule has 0 aliphatic carbocycles. The number of hydrogen-bond donors (Lipinski definition) is 1. The molecule has 29 heavy (non-hydrogen) atoms. The molecule has 0 atom stereocenters. The van der Waals surface area contributed by atoms with Crippen molar-refractivity contribution in [2.75, 3.05) is 49.1 Å². The van der Waals surface area contributed by atoms with Crippen LogP contribution in [0.15, 0.2) is 42.5 Å². The summed E-state index contributed by atoms with van der Waals surface area (Å²) in [6, 6.07) is 11.9. The van der Waals surface area contributed by atoms with Crippen molar-refractivity contribution in [1.29, 1.82) is 0 Å². The highest BCUT2D eigenvalue weighted by atomic mass is 16.6. The Bertz CT molecular complexity index is 919. The van der Waals surface area contributed by atoms with E-state index in [0.717, 1.165) is 31.6 Å². The number of nitro benzene ring substituents is 1. The van der Waals surface area contributed by atoms with Gasteiger partial charge in [0.2, 0.25) is 0 Å². The van der Waals surface area contributed by atoms with Crippen LogP contribution in [-0.4, -0.2) is 60.1 Å². The molecule has 2 aromatic rings. The van der Waals surface area contributed by atoms with Gasteiger partial charge in [-0.1, -0.05) is 12.1 Å². The number of carbonyl (C=O) groups is 1. The van der Waals surface area contributed by atoms with E-state index in [1.54, 1.807) is 29.2 Å². The first-order valence-electron chi connectivity index (χ1n) is 9.90. The molecular weight excluding hydrogens is 372 g/mol. The minimum Gasteiger partial charge on any atom is -0.506 e. The van der Waals surface area contributed by atoms with Gasteiger partial charge in [0.05, 0.1) is 10.6 Å². The molecule has 4 rings (SSSR count). The molecule has 2 saturated heterocycles. The van der Waals surface area contributed by atoms with E-state index in [1.165, 1.54) is 6.07 Å². The van der Waals surface area contributed by atoms with Crippen molar-refractivity contribution in [3.8, 4) is 5.75 Å². The van der Waals surface area contributed by atoms with Crippen LogP contribution < -0.4 is 9.80 Å². The van der Waals surface area contributed by atoms with E-state index >= 15 is 0 Å². The highest BCUT2D eigenvalue weighted by molar-refractivity contribution is 5.96. The lowest BCUT2D eigenvalue weighted by Gasteiger charge is -2.36. The number of piperazine rings is 1. The van der Waals surface area contributed by atoms with E-state index in [0.29, 0.717) is 37.4 Å². The van der Waals surface area contributed by atoms with E-state index < -0.39 is 4.92 Å². The fraction of sp³-hybridized carbons (Fsp3) is 0.381. The minimum absolute atomic E-state index is 0.00871. The van der Waals surface area contributed by atoms with Gasteiger partial charge in [0.15, 0.2) is 0 Å². The fourth-order valence-electron chi connectivity index (χ4n) is 4.09. The third kappa shape index (κ3) is 3.83. The predicted octanol–water partition coefficient (Wildman–Crippen LogP) is 2.86. The SMILES string of the molecule is O=C(c1ccc(N2CCCC2)c([N+](=O)[O-])c1)N1CCN(c2ccccc2O)CC1. The zero-order valence-corrected chi connectivity index (χ0v) is 16.2. The smallest absolute Gasteiger partial charge is 0.293 e. The maximum absolute atomic E-state index is 12.9. The standard InChI is InChI=1S/C21H24N4O4/c26-20-6-2-1-5-18(20)23-11-13-24(14-12-23)21(27)16-7-8-17(19(15-16)25(28)29)22-9-3-4-10-22/h1-2,5-8,15,26H,3-4,9-14H2. The average Bonchev–Trinajstić information content (AvgIpc) is 3.28. The normalized spacial score (nSPS) is 16.9. The second-order valence-electron chi connectivity index (χ2n) is 7.42. The lowest BCUT2D eigenvalue weighted by atomic mass is 10.1. The Kier molecular flexibility index (Phi) is 5.24. The molecular formula is C21H24N4O4. The molecule has 0 saturated carbocycles. The summed E-state index contributed by atoms with van der Waals surface area (Å²) < 4.78 is 0. The minimum atomic E-state index is -0.402.